The van der Waals surface area contributed by atoms with Gasteiger partial charge in [-0.3, -0.25) is 9.78 Å². The predicted molar refractivity (Wildman–Crippen MR) is 142 cm³/mol. The van der Waals surface area contributed by atoms with Crippen molar-refractivity contribution in [2.75, 3.05) is 29.9 Å². The van der Waals surface area contributed by atoms with Gasteiger partial charge in [0.1, 0.15) is 17.6 Å². The average molecular weight is 519 g/mol. The molecule has 0 spiro atoms. The number of nitrogens with zero attached hydrogens (tertiary/aromatic N) is 2. The molecule has 2 aromatic heterocycles. The number of rotatable bonds is 5. The van der Waals surface area contributed by atoms with Gasteiger partial charge in [-0.05, 0) is 42.0 Å². The number of fused-ring (bicyclic) bond motifs is 2. The molecular weight excluding hydrogens is 496 g/mol. The molecule has 1 saturated heterocycles. The van der Waals surface area contributed by atoms with Crippen LogP contribution in [0.1, 0.15) is 17.2 Å². The lowest BCUT2D eigenvalue weighted by atomic mass is 10.1. The minimum atomic E-state index is -0.164. The van der Waals surface area contributed by atoms with Crippen LogP contribution in [0.3, 0.4) is 0 Å². The van der Waals surface area contributed by atoms with Crippen molar-refractivity contribution in [2.24, 2.45) is 0 Å². The molecule has 4 aromatic rings. The fourth-order valence-electron chi connectivity index (χ4n) is 4.45. The molecule has 4 heterocycles. The lowest BCUT2D eigenvalue weighted by molar-refractivity contribution is 0.0383. The Kier molecular flexibility index (Phi) is 6.31. The number of H-pyrrole nitrogens is 1. The molecular formula is C27H23ClN4O3S. The monoisotopic (exact) mass is 518 g/mol. The van der Waals surface area contributed by atoms with Crippen LogP contribution >= 0.6 is 23.4 Å². The third-order valence-electron chi connectivity index (χ3n) is 6.18. The van der Waals surface area contributed by atoms with Crippen LogP contribution < -0.4 is 20.5 Å². The first-order valence-electron chi connectivity index (χ1n) is 11.6. The standard InChI is InChI=1S/C27H23ClN4O3S/c28-18-10-17(13-29-15-18)14-31-19-4-5-22-25(11-19)36-24-3-1-2-21(27(24)35-22)23-16-32(8-9-34-23)20-6-7-30-26(33)12-20/h1-7,10-13,15,23,31H,8-9,14,16H2,(H,30,33). The molecule has 2 N–H and O–H groups in total. The van der Waals surface area contributed by atoms with Crippen molar-refractivity contribution in [1.29, 1.82) is 0 Å². The van der Waals surface area contributed by atoms with Crippen molar-refractivity contribution in [1.82, 2.24) is 9.97 Å². The summed E-state index contributed by atoms with van der Waals surface area (Å²) in [6.45, 7) is 2.57. The molecule has 0 radical (unpaired) electrons. The molecule has 0 saturated carbocycles. The Hall–Kier alpha value is -3.46. The van der Waals surface area contributed by atoms with Crippen molar-refractivity contribution in [3.8, 4) is 11.5 Å². The summed E-state index contributed by atoms with van der Waals surface area (Å²) in [6, 6.07) is 17.7. The Morgan fingerprint density at radius 2 is 2.08 bits per heavy atom. The van der Waals surface area contributed by atoms with Crippen LogP contribution in [0.15, 0.2) is 87.8 Å². The Balaban J connectivity index is 1.20. The van der Waals surface area contributed by atoms with E-state index in [1.807, 2.05) is 30.3 Å². The highest BCUT2D eigenvalue weighted by Crippen LogP contribution is 2.50. The Bertz CT molecular complexity index is 1480. The van der Waals surface area contributed by atoms with Gasteiger partial charge in [0.25, 0.3) is 0 Å². The third-order valence-corrected chi connectivity index (χ3v) is 7.47. The second kappa shape index (κ2) is 9.89. The summed E-state index contributed by atoms with van der Waals surface area (Å²) in [6.07, 6.45) is 4.94. The molecule has 1 unspecified atom stereocenters. The van der Waals surface area contributed by atoms with E-state index in [1.165, 1.54) is 0 Å². The average Bonchev–Trinajstić information content (AvgIpc) is 2.90. The molecule has 2 aromatic carbocycles. The number of hydrogen-bond acceptors (Lipinski definition) is 7. The second-order valence-corrected chi connectivity index (χ2v) is 10.1. The van der Waals surface area contributed by atoms with E-state index in [-0.39, 0.29) is 11.7 Å². The van der Waals surface area contributed by atoms with Gasteiger partial charge in [0.2, 0.25) is 5.56 Å². The molecule has 0 bridgehead atoms. The van der Waals surface area contributed by atoms with Crippen LogP contribution in [0.5, 0.6) is 11.5 Å². The van der Waals surface area contributed by atoms with Gasteiger partial charge in [0.05, 0.1) is 21.4 Å². The summed E-state index contributed by atoms with van der Waals surface area (Å²) in [5.74, 6) is 1.65. The highest BCUT2D eigenvalue weighted by molar-refractivity contribution is 7.99. The fourth-order valence-corrected chi connectivity index (χ4v) is 5.67. The molecule has 1 atom stereocenters. The van der Waals surface area contributed by atoms with Gasteiger partial charge in [-0.15, -0.1) is 0 Å². The van der Waals surface area contributed by atoms with Crippen LogP contribution in [0, 0.1) is 0 Å². The number of nitrogens with one attached hydrogen (secondary N) is 2. The molecule has 7 nitrogen and oxygen atoms in total. The first-order valence-corrected chi connectivity index (χ1v) is 12.8. The summed E-state index contributed by atoms with van der Waals surface area (Å²) in [5, 5.41) is 4.06. The maximum absolute atomic E-state index is 11.8. The number of anilines is 2. The summed E-state index contributed by atoms with van der Waals surface area (Å²) in [5.41, 5.74) is 3.80. The van der Waals surface area contributed by atoms with Crippen molar-refractivity contribution in [3.05, 3.63) is 99.7 Å². The van der Waals surface area contributed by atoms with E-state index in [1.54, 1.807) is 36.4 Å². The molecule has 182 valence electrons. The molecule has 0 amide bonds. The van der Waals surface area contributed by atoms with Crippen molar-refractivity contribution >= 4 is 34.7 Å². The number of ether oxygens (including phenoxy) is 2. The zero-order valence-electron chi connectivity index (χ0n) is 19.2. The van der Waals surface area contributed by atoms with E-state index in [0.717, 1.165) is 50.3 Å². The van der Waals surface area contributed by atoms with Crippen LogP contribution in [0.4, 0.5) is 11.4 Å². The molecule has 2 aliphatic heterocycles. The highest BCUT2D eigenvalue weighted by Gasteiger charge is 2.29. The largest absolute Gasteiger partial charge is 0.455 e. The quantitative estimate of drug-likeness (QED) is 0.301. The van der Waals surface area contributed by atoms with Gasteiger partial charge in [-0.2, -0.15) is 0 Å². The zero-order valence-corrected chi connectivity index (χ0v) is 20.8. The molecule has 0 aliphatic carbocycles. The zero-order chi connectivity index (χ0) is 24.5. The minimum Gasteiger partial charge on any atom is -0.455 e. The highest BCUT2D eigenvalue weighted by atomic mass is 35.5. The molecule has 2 aliphatic rings. The first-order chi connectivity index (χ1) is 17.6. The topological polar surface area (TPSA) is 79.5 Å². The lowest BCUT2D eigenvalue weighted by Crippen LogP contribution is -2.39. The number of para-hydroxylation sites is 1. The van der Waals surface area contributed by atoms with Crippen molar-refractivity contribution < 1.29 is 9.47 Å². The van der Waals surface area contributed by atoms with Crippen LogP contribution in [-0.4, -0.2) is 29.7 Å². The summed E-state index contributed by atoms with van der Waals surface area (Å²) < 4.78 is 12.6. The summed E-state index contributed by atoms with van der Waals surface area (Å²) in [4.78, 5) is 22.9. The van der Waals surface area contributed by atoms with E-state index in [2.05, 4.69) is 38.4 Å². The van der Waals surface area contributed by atoms with Gasteiger partial charge >= 0.3 is 0 Å². The van der Waals surface area contributed by atoms with Gasteiger partial charge < -0.3 is 24.7 Å². The summed E-state index contributed by atoms with van der Waals surface area (Å²) in [7, 11) is 0. The first kappa shape index (κ1) is 23.0. The van der Waals surface area contributed by atoms with Gasteiger partial charge in [-0.25, -0.2) is 0 Å². The van der Waals surface area contributed by atoms with Gasteiger partial charge in [0.15, 0.2) is 0 Å². The normalized spacial score (nSPS) is 16.6. The van der Waals surface area contributed by atoms with E-state index in [4.69, 9.17) is 21.1 Å². The van der Waals surface area contributed by atoms with E-state index in [0.29, 0.717) is 24.7 Å². The molecule has 1 fully saturated rings. The van der Waals surface area contributed by atoms with E-state index >= 15 is 0 Å². The number of hydrogen-bond donors (Lipinski definition) is 2. The van der Waals surface area contributed by atoms with Crippen LogP contribution in [0.25, 0.3) is 0 Å². The Morgan fingerprint density at radius 1 is 1.14 bits per heavy atom. The van der Waals surface area contributed by atoms with Crippen LogP contribution in [-0.2, 0) is 11.3 Å². The number of morpholine rings is 1. The van der Waals surface area contributed by atoms with Gasteiger partial charge in [0, 0.05) is 61.2 Å². The van der Waals surface area contributed by atoms with E-state index in [9.17, 15) is 4.79 Å². The maximum atomic E-state index is 11.8. The molecule has 9 heteroatoms. The third kappa shape index (κ3) is 4.80. The Labute approximate surface area is 217 Å². The van der Waals surface area contributed by atoms with E-state index < -0.39 is 0 Å². The number of benzene rings is 2. The fraction of sp³-hybridized carbons (Fsp3) is 0.185. The smallest absolute Gasteiger partial charge is 0.249 e. The lowest BCUT2D eigenvalue weighted by Gasteiger charge is -2.35. The minimum absolute atomic E-state index is 0.109. The predicted octanol–water partition coefficient (Wildman–Crippen LogP) is 5.87. The second-order valence-electron chi connectivity index (χ2n) is 8.62. The number of aromatic amines is 1. The van der Waals surface area contributed by atoms with Gasteiger partial charge in [-0.1, -0.05) is 35.5 Å². The maximum Gasteiger partial charge on any atom is 0.249 e. The van der Waals surface area contributed by atoms with Crippen molar-refractivity contribution in [2.45, 2.75) is 22.4 Å². The SMILES string of the molecule is O=c1cc(N2CCOC(c3cccc4c3Oc3ccc(NCc5cncc(Cl)c5)cc3S4)C2)cc[nH]1. The molecule has 6 rings (SSSR count). The number of aromatic nitrogens is 2. The van der Waals surface area contributed by atoms with Crippen molar-refractivity contribution in [3.63, 3.8) is 0 Å². The Morgan fingerprint density at radius 3 is 2.97 bits per heavy atom. The summed E-state index contributed by atoms with van der Waals surface area (Å²) >= 11 is 7.73. The number of halogens is 1. The number of pyridine rings is 2. The molecule has 36 heavy (non-hydrogen) atoms. The van der Waals surface area contributed by atoms with Crippen LogP contribution in [0.2, 0.25) is 5.02 Å².